The van der Waals surface area contributed by atoms with Crippen LogP contribution in [0.5, 0.6) is 5.75 Å². The second-order valence-corrected chi connectivity index (χ2v) is 9.73. The number of hydrogen-bond donors (Lipinski definition) is 1. The molecule has 2 aromatic rings. The van der Waals surface area contributed by atoms with E-state index in [9.17, 15) is 13.2 Å². The molecule has 0 atom stereocenters. The number of urea groups is 1. The second kappa shape index (κ2) is 10.6. The molecule has 0 saturated carbocycles. The van der Waals surface area contributed by atoms with Crippen molar-refractivity contribution in [1.29, 1.82) is 0 Å². The number of rotatable bonds is 10. The highest BCUT2D eigenvalue weighted by atomic mass is 32.2. The van der Waals surface area contributed by atoms with E-state index < -0.39 is 10.0 Å². The first-order valence-corrected chi connectivity index (χ1v) is 11.9. The number of sulfonamides is 1. The SMILES string of the molecule is CCOc1ccc(CN(C)C(=O)NCc2ccc(S(=O)(=O)N(CC)CC)s2)cc1. The molecule has 29 heavy (non-hydrogen) atoms. The molecule has 0 fully saturated rings. The van der Waals surface area contributed by atoms with Gasteiger partial charge in [-0.05, 0) is 36.8 Å². The van der Waals surface area contributed by atoms with Gasteiger partial charge in [-0.2, -0.15) is 4.31 Å². The molecular weight excluding hydrogens is 410 g/mol. The fourth-order valence-corrected chi connectivity index (χ4v) is 5.69. The normalized spacial score (nSPS) is 11.5. The predicted octanol–water partition coefficient (Wildman–Crippen LogP) is 3.52. The molecule has 0 bridgehead atoms. The Bertz CT molecular complexity index is 891. The van der Waals surface area contributed by atoms with E-state index >= 15 is 0 Å². The summed E-state index contributed by atoms with van der Waals surface area (Å²) in [5.41, 5.74) is 0.995. The van der Waals surface area contributed by atoms with Crippen LogP contribution in [0.3, 0.4) is 0 Å². The van der Waals surface area contributed by atoms with Gasteiger partial charge in [-0.1, -0.05) is 26.0 Å². The van der Waals surface area contributed by atoms with E-state index in [2.05, 4.69) is 5.32 Å². The third kappa shape index (κ3) is 6.19. The topological polar surface area (TPSA) is 79.0 Å². The van der Waals surface area contributed by atoms with Gasteiger partial charge in [0.1, 0.15) is 9.96 Å². The highest BCUT2D eigenvalue weighted by Gasteiger charge is 2.23. The van der Waals surface area contributed by atoms with Gasteiger partial charge in [0.25, 0.3) is 10.0 Å². The number of amides is 2. The zero-order valence-electron chi connectivity index (χ0n) is 17.3. The van der Waals surface area contributed by atoms with Crippen LogP contribution in [0.1, 0.15) is 31.2 Å². The van der Waals surface area contributed by atoms with Crippen molar-refractivity contribution in [2.75, 3.05) is 26.7 Å². The molecule has 0 aliphatic carbocycles. The molecule has 1 N–H and O–H groups in total. The van der Waals surface area contributed by atoms with Crippen molar-refractivity contribution in [2.45, 2.75) is 38.1 Å². The highest BCUT2D eigenvalue weighted by molar-refractivity contribution is 7.91. The van der Waals surface area contributed by atoms with Crippen molar-refractivity contribution in [2.24, 2.45) is 0 Å². The average Bonchev–Trinajstić information content (AvgIpc) is 3.18. The van der Waals surface area contributed by atoms with E-state index in [-0.39, 0.29) is 12.6 Å². The summed E-state index contributed by atoms with van der Waals surface area (Å²) in [4.78, 5) is 14.7. The lowest BCUT2D eigenvalue weighted by Crippen LogP contribution is -2.36. The van der Waals surface area contributed by atoms with Crippen LogP contribution in [0, 0.1) is 0 Å². The number of nitrogens with zero attached hydrogens (tertiary/aromatic N) is 2. The van der Waals surface area contributed by atoms with Crippen molar-refractivity contribution in [3.8, 4) is 5.75 Å². The number of benzene rings is 1. The number of nitrogens with one attached hydrogen (secondary N) is 1. The van der Waals surface area contributed by atoms with Gasteiger partial charge in [-0.15, -0.1) is 11.3 Å². The molecule has 0 saturated heterocycles. The fourth-order valence-electron chi connectivity index (χ4n) is 2.78. The zero-order valence-corrected chi connectivity index (χ0v) is 19.0. The third-order valence-corrected chi connectivity index (χ3v) is 7.95. The molecule has 0 aliphatic heterocycles. The smallest absolute Gasteiger partial charge is 0.317 e. The van der Waals surface area contributed by atoms with Gasteiger partial charge in [0.2, 0.25) is 0 Å². The number of ether oxygens (including phenoxy) is 1. The highest BCUT2D eigenvalue weighted by Crippen LogP contribution is 2.24. The largest absolute Gasteiger partial charge is 0.494 e. The lowest BCUT2D eigenvalue weighted by Gasteiger charge is -2.18. The quantitative estimate of drug-likeness (QED) is 0.614. The van der Waals surface area contributed by atoms with E-state index in [1.54, 1.807) is 24.1 Å². The summed E-state index contributed by atoms with van der Waals surface area (Å²) >= 11 is 1.19. The molecule has 9 heteroatoms. The van der Waals surface area contributed by atoms with Crippen LogP contribution < -0.4 is 10.1 Å². The van der Waals surface area contributed by atoms with Crippen molar-refractivity contribution in [3.05, 3.63) is 46.8 Å². The first-order chi connectivity index (χ1) is 13.8. The van der Waals surface area contributed by atoms with Gasteiger partial charge in [0.05, 0.1) is 13.2 Å². The Kier molecular flexibility index (Phi) is 8.48. The molecule has 160 valence electrons. The van der Waals surface area contributed by atoms with E-state index in [4.69, 9.17) is 4.74 Å². The molecule has 1 aromatic heterocycles. The minimum atomic E-state index is -3.47. The maximum absolute atomic E-state index is 12.6. The van der Waals surface area contributed by atoms with Crippen LogP contribution >= 0.6 is 11.3 Å². The summed E-state index contributed by atoms with van der Waals surface area (Å²) in [6, 6.07) is 10.7. The molecule has 2 rings (SSSR count). The molecule has 1 heterocycles. The monoisotopic (exact) mass is 439 g/mol. The van der Waals surface area contributed by atoms with E-state index in [0.29, 0.717) is 30.5 Å². The molecule has 2 amide bonds. The van der Waals surface area contributed by atoms with Crippen LogP contribution in [-0.4, -0.2) is 50.4 Å². The van der Waals surface area contributed by atoms with E-state index in [0.717, 1.165) is 16.2 Å². The molecule has 0 unspecified atom stereocenters. The summed E-state index contributed by atoms with van der Waals surface area (Å²) in [5.74, 6) is 0.802. The van der Waals surface area contributed by atoms with Gasteiger partial charge in [-0.3, -0.25) is 0 Å². The Morgan fingerprint density at radius 3 is 2.31 bits per heavy atom. The minimum absolute atomic E-state index is 0.222. The lowest BCUT2D eigenvalue weighted by molar-refractivity contribution is 0.206. The Morgan fingerprint density at radius 2 is 1.72 bits per heavy atom. The zero-order chi connectivity index (χ0) is 21.4. The molecule has 0 radical (unpaired) electrons. The number of carbonyl (C=O) groups excluding carboxylic acids is 1. The van der Waals surface area contributed by atoms with Crippen LogP contribution in [0.25, 0.3) is 0 Å². The fraction of sp³-hybridized carbons (Fsp3) is 0.450. The van der Waals surface area contributed by atoms with Crippen LogP contribution in [0.15, 0.2) is 40.6 Å². The molecule has 0 spiro atoms. The van der Waals surface area contributed by atoms with Crippen molar-refractivity contribution < 1.29 is 17.9 Å². The summed E-state index contributed by atoms with van der Waals surface area (Å²) in [6.45, 7) is 7.78. The molecular formula is C20H29N3O4S2. The van der Waals surface area contributed by atoms with Crippen LogP contribution in [-0.2, 0) is 23.1 Å². The van der Waals surface area contributed by atoms with Gasteiger partial charge in [0, 0.05) is 31.6 Å². The summed E-state index contributed by atoms with van der Waals surface area (Å²) in [6.07, 6.45) is 0. The Labute approximate surface area is 177 Å². The maximum atomic E-state index is 12.6. The van der Waals surface area contributed by atoms with E-state index in [1.165, 1.54) is 15.6 Å². The predicted molar refractivity (Wildman–Crippen MR) is 116 cm³/mol. The Hall–Kier alpha value is -2.10. The third-order valence-electron chi connectivity index (χ3n) is 4.35. The minimum Gasteiger partial charge on any atom is -0.494 e. The first-order valence-electron chi connectivity index (χ1n) is 9.61. The number of thiophene rings is 1. The van der Waals surface area contributed by atoms with Gasteiger partial charge < -0.3 is 15.0 Å². The first kappa shape index (κ1) is 23.2. The molecule has 0 aliphatic rings. The number of carbonyl (C=O) groups is 1. The lowest BCUT2D eigenvalue weighted by atomic mass is 10.2. The second-order valence-electron chi connectivity index (χ2n) is 6.40. The van der Waals surface area contributed by atoms with Crippen molar-refractivity contribution in [1.82, 2.24) is 14.5 Å². The van der Waals surface area contributed by atoms with Crippen LogP contribution in [0.4, 0.5) is 4.79 Å². The number of hydrogen-bond acceptors (Lipinski definition) is 5. The summed E-state index contributed by atoms with van der Waals surface area (Å²) in [5, 5.41) is 2.84. The molecule has 1 aromatic carbocycles. The van der Waals surface area contributed by atoms with Gasteiger partial charge in [-0.25, -0.2) is 13.2 Å². The Morgan fingerprint density at radius 1 is 1.07 bits per heavy atom. The van der Waals surface area contributed by atoms with Crippen LogP contribution in [0.2, 0.25) is 0 Å². The van der Waals surface area contributed by atoms with Gasteiger partial charge in [0.15, 0.2) is 0 Å². The Balaban J connectivity index is 1.91. The molecule has 7 nitrogen and oxygen atoms in total. The summed E-state index contributed by atoms with van der Waals surface area (Å²) < 4.78 is 32.2. The van der Waals surface area contributed by atoms with Crippen molar-refractivity contribution >= 4 is 27.4 Å². The maximum Gasteiger partial charge on any atom is 0.317 e. The standard InChI is InChI=1S/C20H29N3O4S2/c1-5-23(6-2)29(25,26)19-13-12-18(28-19)14-21-20(24)22(4)15-16-8-10-17(11-9-16)27-7-3/h8-13H,5-7,14-15H2,1-4H3,(H,21,24). The summed E-state index contributed by atoms with van der Waals surface area (Å²) in [7, 11) is -1.75. The van der Waals surface area contributed by atoms with E-state index in [1.807, 2.05) is 45.0 Å². The van der Waals surface area contributed by atoms with Gasteiger partial charge >= 0.3 is 6.03 Å². The van der Waals surface area contributed by atoms with Crippen molar-refractivity contribution in [3.63, 3.8) is 0 Å². The average molecular weight is 440 g/mol.